The lowest BCUT2D eigenvalue weighted by atomic mass is 9.96. The summed E-state index contributed by atoms with van der Waals surface area (Å²) in [7, 11) is 0. The molecule has 16 heavy (non-hydrogen) atoms. The number of hydrogen-bond acceptors (Lipinski definition) is 2. The average Bonchev–Trinajstić information content (AvgIpc) is 2.69. The minimum atomic E-state index is -0.584. The molecule has 0 heterocycles. The van der Waals surface area contributed by atoms with E-state index in [1.807, 2.05) is 13.8 Å². The summed E-state index contributed by atoms with van der Waals surface area (Å²) in [6, 6.07) is -0.109. The molecular formula is C11H22N4O. The number of nitrogens with two attached hydrogens (primary N) is 1. The molecule has 1 aliphatic rings. The third-order valence-electron chi connectivity index (χ3n) is 3.37. The second-order valence-electron chi connectivity index (χ2n) is 4.31. The third kappa shape index (κ3) is 2.46. The first kappa shape index (κ1) is 12.8. The van der Waals surface area contributed by atoms with Gasteiger partial charge >= 0.3 is 6.03 Å². The molecule has 0 saturated heterocycles. The SMILES string of the molecule is CCN(CC)C(=O)NC1(C(=N)N)CCCC1. The van der Waals surface area contributed by atoms with Crippen LogP contribution in [0.3, 0.4) is 0 Å². The topological polar surface area (TPSA) is 82.2 Å². The molecule has 0 bridgehead atoms. The Kier molecular flexibility index (Phi) is 4.15. The van der Waals surface area contributed by atoms with E-state index in [1.54, 1.807) is 4.90 Å². The summed E-state index contributed by atoms with van der Waals surface area (Å²) in [5, 5.41) is 10.6. The molecule has 1 rings (SSSR count). The molecule has 0 radical (unpaired) electrons. The second kappa shape index (κ2) is 5.18. The molecule has 1 saturated carbocycles. The van der Waals surface area contributed by atoms with Crippen molar-refractivity contribution in [2.45, 2.75) is 45.1 Å². The molecule has 4 N–H and O–H groups in total. The summed E-state index contributed by atoms with van der Waals surface area (Å²) in [6.07, 6.45) is 3.63. The Labute approximate surface area is 96.9 Å². The molecule has 2 amide bonds. The standard InChI is InChI=1S/C11H22N4O/c1-3-15(4-2)10(16)14-11(9(12)13)7-5-6-8-11/h3-8H2,1-2H3,(H3,12,13)(H,14,16). The first-order valence-corrected chi connectivity index (χ1v) is 5.97. The molecule has 0 aromatic rings. The Hall–Kier alpha value is -1.26. The Morgan fingerprint density at radius 2 is 1.88 bits per heavy atom. The number of amides is 2. The predicted molar refractivity (Wildman–Crippen MR) is 64.6 cm³/mol. The maximum atomic E-state index is 11.9. The van der Waals surface area contributed by atoms with E-state index in [-0.39, 0.29) is 11.9 Å². The van der Waals surface area contributed by atoms with Crippen molar-refractivity contribution in [3.63, 3.8) is 0 Å². The highest BCUT2D eigenvalue weighted by Crippen LogP contribution is 2.29. The van der Waals surface area contributed by atoms with Gasteiger partial charge in [0.1, 0.15) is 5.84 Å². The summed E-state index contributed by atoms with van der Waals surface area (Å²) in [6.45, 7) is 5.24. The van der Waals surface area contributed by atoms with E-state index in [2.05, 4.69) is 5.32 Å². The van der Waals surface area contributed by atoms with E-state index in [4.69, 9.17) is 11.1 Å². The van der Waals surface area contributed by atoms with Crippen LogP contribution in [0.1, 0.15) is 39.5 Å². The van der Waals surface area contributed by atoms with E-state index in [0.29, 0.717) is 13.1 Å². The van der Waals surface area contributed by atoms with Gasteiger partial charge in [0.05, 0.1) is 5.54 Å². The summed E-state index contributed by atoms with van der Waals surface area (Å²) >= 11 is 0. The van der Waals surface area contributed by atoms with Crippen molar-refractivity contribution >= 4 is 11.9 Å². The van der Waals surface area contributed by atoms with Gasteiger partial charge in [-0.3, -0.25) is 5.41 Å². The number of nitrogens with zero attached hydrogens (tertiary/aromatic N) is 1. The van der Waals surface area contributed by atoms with Gasteiger partial charge in [-0.1, -0.05) is 12.8 Å². The number of hydrogen-bond donors (Lipinski definition) is 3. The second-order valence-corrected chi connectivity index (χ2v) is 4.31. The van der Waals surface area contributed by atoms with Gasteiger partial charge in [-0.15, -0.1) is 0 Å². The number of rotatable bonds is 4. The van der Waals surface area contributed by atoms with Crippen LogP contribution in [-0.2, 0) is 0 Å². The lowest BCUT2D eigenvalue weighted by molar-refractivity contribution is 0.195. The third-order valence-corrected chi connectivity index (χ3v) is 3.37. The fourth-order valence-electron chi connectivity index (χ4n) is 2.23. The lowest BCUT2D eigenvalue weighted by Gasteiger charge is -2.32. The van der Waals surface area contributed by atoms with Crippen molar-refractivity contribution in [1.29, 1.82) is 5.41 Å². The number of amidine groups is 1. The highest BCUT2D eigenvalue weighted by molar-refractivity contribution is 5.92. The minimum absolute atomic E-state index is 0.0884. The molecule has 1 aliphatic carbocycles. The van der Waals surface area contributed by atoms with Crippen LogP contribution in [0, 0.1) is 5.41 Å². The van der Waals surface area contributed by atoms with Crippen molar-refractivity contribution < 1.29 is 4.79 Å². The van der Waals surface area contributed by atoms with Gasteiger partial charge in [0.25, 0.3) is 0 Å². The van der Waals surface area contributed by atoms with Crippen molar-refractivity contribution in [1.82, 2.24) is 10.2 Å². The Morgan fingerprint density at radius 3 is 2.25 bits per heavy atom. The summed E-state index contributed by atoms with van der Waals surface area (Å²) in [5.74, 6) is 0.0884. The van der Waals surface area contributed by atoms with Crippen LogP contribution in [0.5, 0.6) is 0 Å². The van der Waals surface area contributed by atoms with E-state index < -0.39 is 5.54 Å². The van der Waals surface area contributed by atoms with E-state index in [0.717, 1.165) is 25.7 Å². The van der Waals surface area contributed by atoms with Crippen LogP contribution < -0.4 is 11.1 Å². The van der Waals surface area contributed by atoms with E-state index >= 15 is 0 Å². The first-order valence-electron chi connectivity index (χ1n) is 5.97. The summed E-state index contributed by atoms with van der Waals surface area (Å²) < 4.78 is 0. The first-order chi connectivity index (χ1) is 7.55. The van der Waals surface area contributed by atoms with Crippen LogP contribution in [-0.4, -0.2) is 35.4 Å². The molecule has 1 fully saturated rings. The molecule has 0 atom stereocenters. The molecule has 0 aliphatic heterocycles. The predicted octanol–water partition coefficient (Wildman–Crippen LogP) is 1.29. The quantitative estimate of drug-likeness (QED) is 0.498. The highest BCUT2D eigenvalue weighted by Gasteiger charge is 2.39. The van der Waals surface area contributed by atoms with Crippen LogP contribution in [0.25, 0.3) is 0 Å². The van der Waals surface area contributed by atoms with Crippen molar-refractivity contribution in [3.05, 3.63) is 0 Å². The van der Waals surface area contributed by atoms with Crippen LogP contribution in [0.15, 0.2) is 0 Å². The average molecular weight is 226 g/mol. The maximum Gasteiger partial charge on any atom is 0.318 e. The molecule has 0 aromatic carbocycles. The lowest BCUT2D eigenvalue weighted by Crippen LogP contribution is -2.58. The van der Waals surface area contributed by atoms with E-state index in [1.165, 1.54) is 0 Å². The van der Waals surface area contributed by atoms with E-state index in [9.17, 15) is 4.79 Å². The highest BCUT2D eigenvalue weighted by atomic mass is 16.2. The van der Waals surface area contributed by atoms with Crippen LogP contribution in [0.4, 0.5) is 4.79 Å². The number of urea groups is 1. The number of nitrogens with one attached hydrogen (secondary N) is 2. The number of carbonyl (C=O) groups is 1. The molecule has 0 aromatic heterocycles. The van der Waals surface area contributed by atoms with Gasteiger partial charge in [0.2, 0.25) is 0 Å². The maximum absolute atomic E-state index is 11.9. The Morgan fingerprint density at radius 1 is 1.38 bits per heavy atom. The summed E-state index contributed by atoms with van der Waals surface area (Å²) in [4.78, 5) is 13.6. The zero-order chi connectivity index (χ0) is 12.2. The van der Waals surface area contributed by atoms with Crippen molar-refractivity contribution in [2.75, 3.05) is 13.1 Å². The minimum Gasteiger partial charge on any atom is -0.386 e. The molecule has 0 spiro atoms. The monoisotopic (exact) mass is 226 g/mol. The van der Waals surface area contributed by atoms with Crippen molar-refractivity contribution in [2.24, 2.45) is 5.73 Å². The molecule has 92 valence electrons. The molecule has 5 nitrogen and oxygen atoms in total. The van der Waals surface area contributed by atoms with Gasteiger partial charge in [0.15, 0.2) is 0 Å². The zero-order valence-corrected chi connectivity index (χ0v) is 10.2. The van der Waals surface area contributed by atoms with Gasteiger partial charge in [-0.2, -0.15) is 0 Å². The zero-order valence-electron chi connectivity index (χ0n) is 10.2. The van der Waals surface area contributed by atoms with Gasteiger partial charge in [0, 0.05) is 13.1 Å². The van der Waals surface area contributed by atoms with Crippen LogP contribution >= 0.6 is 0 Å². The van der Waals surface area contributed by atoms with Gasteiger partial charge in [-0.05, 0) is 26.7 Å². The largest absolute Gasteiger partial charge is 0.386 e. The normalized spacial score (nSPS) is 18.1. The smallest absolute Gasteiger partial charge is 0.318 e. The Balaban J connectivity index is 2.69. The van der Waals surface area contributed by atoms with Gasteiger partial charge < -0.3 is 16.0 Å². The summed E-state index contributed by atoms with van der Waals surface area (Å²) in [5.41, 5.74) is 5.03. The molecule has 5 heteroatoms. The fraction of sp³-hybridized carbons (Fsp3) is 0.818. The Bertz CT molecular complexity index is 267. The van der Waals surface area contributed by atoms with Gasteiger partial charge in [-0.25, -0.2) is 4.79 Å². The fourth-order valence-corrected chi connectivity index (χ4v) is 2.23. The van der Waals surface area contributed by atoms with Crippen LogP contribution in [0.2, 0.25) is 0 Å². The number of carbonyl (C=O) groups excluding carboxylic acids is 1. The molecule has 0 unspecified atom stereocenters. The molecular weight excluding hydrogens is 204 g/mol. The van der Waals surface area contributed by atoms with Crippen molar-refractivity contribution in [3.8, 4) is 0 Å².